The van der Waals surface area contributed by atoms with E-state index in [1.54, 1.807) is 0 Å². The van der Waals surface area contributed by atoms with Crippen LogP contribution in [0.5, 0.6) is 0 Å². The lowest BCUT2D eigenvalue weighted by atomic mass is 9.93. The Morgan fingerprint density at radius 1 is 0.769 bits per heavy atom. The topological polar surface area (TPSA) is 57.8 Å². The molecule has 1 N–H and O–H groups in total. The minimum atomic E-state index is -0.166. The van der Waals surface area contributed by atoms with E-state index in [1.807, 2.05) is 65.3 Å². The first kappa shape index (κ1) is 24.1. The third-order valence-corrected chi connectivity index (χ3v) is 7.93. The summed E-state index contributed by atoms with van der Waals surface area (Å²) in [5, 5.41) is 8.55. The average Bonchev–Trinajstić information content (AvgIpc) is 3.29. The highest BCUT2D eigenvalue weighted by atomic mass is 79.9. The van der Waals surface area contributed by atoms with Gasteiger partial charge in [-0.25, -0.2) is 14.7 Å². The molecular formula is C31H22Br2N6. The SMILES string of the molecule is Cc1nn(-c2ccccc2)c2c1[C@H](c1cccc(Br)c1)N1C(=N2)C(Nc2ccc(Br)cc2)=Nc2ccccc21. The highest BCUT2D eigenvalue weighted by molar-refractivity contribution is 9.10. The molecule has 0 aliphatic carbocycles. The van der Waals surface area contributed by atoms with Crippen LogP contribution < -0.4 is 10.2 Å². The monoisotopic (exact) mass is 636 g/mol. The third-order valence-electron chi connectivity index (χ3n) is 6.91. The second-order valence-electron chi connectivity index (χ2n) is 9.41. The van der Waals surface area contributed by atoms with Crippen molar-refractivity contribution in [2.24, 2.45) is 9.98 Å². The van der Waals surface area contributed by atoms with Crippen molar-refractivity contribution in [1.29, 1.82) is 0 Å². The van der Waals surface area contributed by atoms with Gasteiger partial charge in [0.05, 0.1) is 28.8 Å². The number of aliphatic imine (C=N–C) groups is 2. The van der Waals surface area contributed by atoms with E-state index in [1.165, 1.54) is 0 Å². The quantitative estimate of drug-likeness (QED) is 0.216. The molecule has 0 bridgehead atoms. The number of aryl methyl sites for hydroxylation is 1. The maximum absolute atomic E-state index is 5.29. The van der Waals surface area contributed by atoms with E-state index in [9.17, 15) is 0 Å². The number of hydrogen-bond acceptors (Lipinski definition) is 5. The molecule has 0 spiro atoms. The molecular weight excluding hydrogens is 616 g/mol. The lowest BCUT2D eigenvalue weighted by Crippen LogP contribution is -2.46. The van der Waals surface area contributed by atoms with E-state index < -0.39 is 0 Å². The second-order valence-corrected chi connectivity index (χ2v) is 11.2. The fourth-order valence-corrected chi connectivity index (χ4v) is 5.89. The number of rotatable bonds is 3. The van der Waals surface area contributed by atoms with Crippen LogP contribution in [0.4, 0.5) is 22.9 Å². The molecule has 7 rings (SSSR count). The summed E-state index contributed by atoms with van der Waals surface area (Å²) in [4.78, 5) is 12.6. The fourth-order valence-electron chi connectivity index (χ4n) is 5.21. The number of nitrogens with zero attached hydrogens (tertiary/aromatic N) is 5. The van der Waals surface area contributed by atoms with Crippen molar-refractivity contribution in [3.63, 3.8) is 0 Å². The number of nitrogens with one attached hydrogen (secondary N) is 1. The zero-order chi connectivity index (χ0) is 26.5. The zero-order valence-corrected chi connectivity index (χ0v) is 24.1. The first-order valence-corrected chi connectivity index (χ1v) is 14.1. The third kappa shape index (κ3) is 4.20. The van der Waals surface area contributed by atoms with Crippen LogP contribution in [-0.2, 0) is 0 Å². The van der Waals surface area contributed by atoms with E-state index in [0.29, 0.717) is 5.84 Å². The van der Waals surface area contributed by atoms with E-state index in [4.69, 9.17) is 15.1 Å². The van der Waals surface area contributed by atoms with Gasteiger partial charge in [-0.2, -0.15) is 5.10 Å². The summed E-state index contributed by atoms with van der Waals surface area (Å²) in [6, 6.07) is 34.7. The molecule has 8 heteroatoms. The predicted octanol–water partition coefficient (Wildman–Crippen LogP) is 8.50. The lowest BCUT2D eigenvalue weighted by molar-refractivity contribution is 0.815. The summed E-state index contributed by atoms with van der Waals surface area (Å²) in [5.41, 5.74) is 6.91. The Morgan fingerprint density at radius 2 is 1.54 bits per heavy atom. The first-order chi connectivity index (χ1) is 19.1. The van der Waals surface area contributed by atoms with Gasteiger partial charge in [-0.1, -0.05) is 74.3 Å². The fraction of sp³-hybridized carbons (Fsp3) is 0.0645. The standard InChI is InChI=1S/C31H22Br2N6/c1-19-27-28(20-8-7-9-22(33)18-20)38-26-13-6-5-12-25(26)35-29(34-23-16-14-21(32)15-17-23)31(38)36-30(27)39(37-19)24-10-3-2-4-11-24/h2-18,28H,1H3,(H,34,35)/t28-/m0/s1. The van der Waals surface area contributed by atoms with E-state index >= 15 is 0 Å². The highest BCUT2D eigenvalue weighted by Gasteiger charge is 2.41. The van der Waals surface area contributed by atoms with E-state index in [-0.39, 0.29) is 6.04 Å². The smallest absolute Gasteiger partial charge is 0.179 e. The van der Waals surface area contributed by atoms with Crippen molar-refractivity contribution in [2.45, 2.75) is 13.0 Å². The lowest BCUT2D eigenvalue weighted by Gasteiger charge is -2.40. The van der Waals surface area contributed by atoms with Crippen LogP contribution in [-0.4, -0.2) is 21.5 Å². The van der Waals surface area contributed by atoms with Gasteiger partial charge >= 0.3 is 0 Å². The Kier molecular flexibility index (Phi) is 5.94. The summed E-state index contributed by atoms with van der Waals surface area (Å²) >= 11 is 7.24. The molecule has 0 saturated heterocycles. The highest BCUT2D eigenvalue weighted by Crippen LogP contribution is 2.48. The van der Waals surface area contributed by atoms with Crippen molar-refractivity contribution in [2.75, 3.05) is 10.2 Å². The summed E-state index contributed by atoms with van der Waals surface area (Å²) in [6.45, 7) is 2.06. The molecule has 0 radical (unpaired) electrons. The van der Waals surface area contributed by atoms with Crippen LogP contribution in [0, 0.1) is 6.92 Å². The molecule has 1 aromatic heterocycles. The Balaban J connectivity index is 1.50. The average molecular weight is 638 g/mol. The van der Waals surface area contributed by atoms with Gasteiger partial charge in [-0.3, -0.25) is 0 Å². The van der Waals surface area contributed by atoms with Gasteiger partial charge in [0.15, 0.2) is 17.5 Å². The molecule has 0 amide bonds. The van der Waals surface area contributed by atoms with Crippen molar-refractivity contribution in [1.82, 2.24) is 9.78 Å². The molecule has 0 fully saturated rings. The summed E-state index contributed by atoms with van der Waals surface area (Å²) in [7, 11) is 0. The molecule has 1 atom stereocenters. The van der Waals surface area contributed by atoms with Crippen molar-refractivity contribution < 1.29 is 0 Å². The maximum atomic E-state index is 5.29. The first-order valence-electron chi connectivity index (χ1n) is 12.6. The van der Waals surface area contributed by atoms with Gasteiger partial charge < -0.3 is 10.2 Å². The van der Waals surface area contributed by atoms with Crippen molar-refractivity contribution in [3.8, 4) is 5.69 Å². The van der Waals surface area contributed by atoms with Gasteiger partial charge in [-0.15, -0.1) is 0 Å². The van der Waals surface area contributed by atoms with Crippen LogP contribution >= 0.6 is 31.9 Å². The number of halogens is 2. The molecule has 0 unspecified atom stereocenters. The number of fused-ring (bicyclic) bond motifs is 4. The van der Waals surface area contributed by atoms with Gasteiger partial charge in [0.25, 0.3) is 0 Å². The van der Waals surface area contributed by atoms with E-state index in [0.717, 1.165) is 60.2 Å². The predicted molar refractivity (Wildman–Crippen MR) is 165 cm³/mol. The van der Waals surface area contributed by atoms with Crippen molar-refractivity contribution in [3.05, 3.63) is 129 Å². The van der Waals surface area contributed by atoms with Crippen LogP contribution in [0.3, 0.4) is 0 Å². The number of amidine groups is 2. The summed E-state index contributed by atoms with van der Waals surface area (Å²) in [6.07, 6.45) is 0. The van der Waals surface area contributed by atoms with Gasteiger partial charge in [0.2, 0.25) is 0 Å². The Morgan fingerprint density at radius 3 is 2.33 bits per heavy atom. The largest absolute Gasteiger partial charge is 0.337 e. The summed E-state index contributed by atoms with van der Waals surface area (Å²) in [5.74, 6) is 2.23. The molecule has 4 aromatic carbocycles. The molecule has 2 aliphatic rings. The van der Waals surface area contributed by atoms with Gasteiger partial charge in [-0.05, 0) is 73.2 Å². The second kappa shape index (κ2) is 9.63. The molecule has 190 valence electrons. The van der Waals surface area contributed by atoms with Crippen LogP contribution in [0.2, 0.25) is 0 Å². The number of benzene rings is 4. The molecule has 0 saturated carbocycles. The Labute approximate surface area is 243 Å². The number of anilines is 2. The summed E-state index contributed by atoms with van der Waals surface area (Å²) < 4.78 is 3.98. The van der Waals surface area contributed by atoms with Crippen molar-refractivity contribution >= 4 is 66.4 Å². The maximum Gasteiger partial charge on any atom is 0.179 e. The number of aromatic nitrogens is 2. The van der Waals surface area contributed by atoms with Crippen LogP contribution in [0.25, 0.3) is 5.69 Å². The molecule has 3 heterocycles. The molecule has 5 aromatic rings. The Hall–Kier alpha value is -4.01. The number of hydrogen-bond donors (Lipinski definition) is 1. The molecule has 39 heavy (non-hydrogen) atoms. The van der Waals surface area contributed by atoms with Crippen LogP contribution in [0.1, 0.15) is 22.9 Å². The van der Waals surface area contributed by atoms with E-state index in [2.05, 4.69) is 91.5 Å². The van der Waals surface area contributed by atoms with Gasteiger partial charge in [0, 0.05) is 20.2 Å². The molecule has 2 aliphatic heterocycles. The van der Waals surface area contributed by atoms with Gasteiger partial charge in [0.1, 0.15) is 0 Å². The normalized spacial score (nSPS) is 15.6. The zero-order valence-electron chi connectivity index (χ0n) is 20.9. The van der Waals surface area contributed by atoms with Crippen LogP contribution in [0.15, 0.2) is 122 Å². The number of para-hydroxylation sites is 3. The minimum Gasteiger partial charge on any atom is -0.337 e. The minimum absolute atomic E-state index is 0.166. The molecule has 6 nitrogen and oxygen atoms in total. The Bertz CT molecular complexity index is 1770.